The van der Waals surface area contributed by atoms with Gasteiger partial charge in [0.1, 0.15) is 5.75 Å². The van der Waals surface area contributed by atoms with Gasteiger partial charge < -0.3 is 14.0 Å². The van der Waals surface area contributed by atoms with Crippen LogP contribution in [0.3, 0.4) is 0 Å². The largest absolute Gasteiger partial charge is 0.422 e. The predicted molar refractivity (Wildman–Crippen MR) is 71.5 cm³/mol. The summed E-state index contributed by atoms with van der Waals surface area (Å²) >= 11 is 0. The minimum absolute atomic E-state index is 0.192. The van der Waals surface area contributed by atoms with Crippen LogP contribution in [0.4, 0.5) is 0 Å². The van der Waals surface area contributed by atoms with Crippen molar-refractivity contribution in [3.63, 3.8) is 0 Å². The van der Waals surface area contributed by atoms with E-state index in [-0.39, 0.29) is 13.2 Å². The summed E-state index contributed by atoms with van der Waals surface area (Å²) < 4.78 is 35.0. The van der Waals surface area contributed by atoms with Crippen molar-refractivity contribution in [3.8, 4) is 5.75 Å². The molecule has 0 spiro atoms. The van der Waals surface area contributed by atoms with Gasteiger partial charge in [0.2, 0.25) is 5.34 Å². The Morgan fingerprint density at radius 3 is 2.63 bits per heavy atom. The molecule has 19 heavy (non-hydrogen) atoms. The molecular weight excluding hydrogens is 267 g/mol. The maximum absolute atomic E-state index is 13.0. The first-order valence-electron chi connectivity index (χ1n) is 6.31. The molecule has 2 rings (SSSR count). The van der Waals surface area contributed by atoms with E-state index in [1.165, 1.54) is 0 Å². The molecular formula is C13H19O5P. The van der Waals surface area contributed by atoms with Crippen molar-refractivity contribution in [1.82, 2.24) is 0 Å². The Balaban J connectivity index is 2.24. The first-order valence-corrected chi connectivity index (χ1v) is 7.85. The lowest BCUT2D eigenvalue weighted by Gasteiger charge is -2.38. The number of hydrogen-bond acceptors (Lipinski definition) is 5. The van der Waals surface area contributed by atoms with Crippen LogP contribution < -0.4 is 4.52 Å². The van der Waals surface area contributed by atoms with E-state index in [1.807, 2.05) is 18.2 Å². The SMILES string of the molecule is CCOP(=O)(Oc1ccccc1)C1(C)COCCO1. The van der Waals surface area contributed by atoms with E-state index in [4.69, 9.17) is 18.5 Å². The van der Waals surface area contributed by atoms with Crippen molar-refractivity contribution in [2.45, 2.75) is 19.2 Å². The fraction of sp³-hybridized carbons (Fsp3) is 0.538. The number of para-hydroxylation sites is 1. The molecule has 1 aromatic carbocycles. The molecule has 0 radical (unpaired) electrons. The van der Waals surface area contributed by atoms with E-state index in [0.717, 1.165) is 0 Å². The number of ether oxygens (including phenoxy) is 2. The molecule has 1 heterocycles. The van der Waals surface area contributed by atoms with Gasteiger partial charge in [-0.1, -0.05) is 18.2 Å². The van der Waals surface area contributed by atoms with Crippen LogP contribution in [-0.4, -0.2) is 31.8 Å². The molecule has 0 bridgehead atoms. The maximum atomic E-state index is 13.0. The zero-order valence-corrected chi connectivity index (χ0v) is 12.1. The first-order chi connectivity index (χ1) is 9.10. The molecule has 0 aliphatic carbocycles. The van der Waals surface area contributed by atoms with E-state index < -0.39 is 12.9 Å². The Hall–Kier alpha value is -0.870. The molecule has 6 heteroatoms. The molecule has 106 valence electrons. The lowest BCUT2D eigenvalue weighted by molar-refractivity contribution is -0.114. The smallest absolute Gasteiger partial charge is 0.412 e. The summed E-state index contributed by atoms with van der Waals surface area (Å²) in [5.74, 6) is 0.495. The zero-order chi connectivity index (χ0) is 13.8. The van der Waals surface area contributed by atoms with Crippen molar-refractivity contribution < 1.29 is 23.1 Å². The van der Waals surface area contributed by atoms with Crippen molar-refractivity contribution in [3.05, 3.63) is 30.3 Å². The molecule has 2 atom stereocenters. The maximum Gasteiger partial charge on any atom is 0.412 e. The van der Waals surface area contributed by atoms with Crippen molar-refractivity contribution in [2.75, 3.05) is 26.4 Å². The van der Waals surface area contributed by atoms with Crippen molar-refractivity contribution >= 4 is 7.60 Å². The van der Waals surface area contributed by atoms with E-state index in [2.05, 4.69) is 0 Å². The summed E-state index contributed by atoms with van der Waals surface area (Å²) in [6.45, 7) is 4.82. The monoisotopic (exact) mass is 286 g/mol. The van der Waals surface area contributed by atoms with Gasteiger partial charge in [0, 0.05) is 0 Å². The van der Waals surface area contributed by atoms with Gasteiger partial charge in [-0.3, -0.25) is 4.52 Å². The number of rotatable bonds is 5. The highest BCUT2D eigenvalue weighted by Crippen LogP contribution is 2.60. The summed E-state index contributed by atoms with van der Waals surface area (Å²) in [5, 5.41) is -1.07. The molecule has 1 saturated heterocycles. The third-order valence-corrected chi connectivity index (χ3v) is 5.32. The van der Waals surface area contributed by atoms with E-state index >= 15 is 0 Å². The van der Waals surface area contributed by atoms with Crippen LogP contribution in [0.15, 0.2) is 30.3 Å². The summed E-state index contributed by atoms with van der Waals surface area (Å²) in [7, 11) is -3.48. The summed E-state index contributed by atoms with van der Waals surface area (Å²) in [6.07, 6.45) is 0. The number of benzene rings is 1. The van der Waals surface area contributed by atoms with E-state index in [1.54, 1.807) is 26.0 Å². The Morgan fingerprint density at radius 1 is 1.32 bits per heavy atom. The third-order valence-electron chi connectivity index (χ3n) is 2.86. The van der Waals surface area contributed by atoms with Crippen LogP contribution >= 0.6 is 7.60 Å². The van der Waals surface area contributed by atoms with Crippen LogP contribution in [0.5, 0.6) is 5.75 Å². The van der Waals surface area contributed by atoms with Gasteiger partial charge in [-0.25, -0.2) is 4.57 Å². The fourth-order valence-electron chi connectivity index (χ4n) is 1.83. The van der Waals surface area contributed by atoms with Gasteiger partial charge in [-0.15, -0.1) is 0 Å². The van der Waals surface area contributed by atoms with Gasteiger partial charge in [0.25, 0.3) is 0 Å². The molecule has 0 amide bonds. The molecule has 5 nitrogen and oxygen atoms in total. The highest BCUT2D eigenvalue weighted by atomic mass is 31.2. The van der Waals surface area contributed by atoms with Gasteiger partial charge in [0.15, 0.2) is 0 Å². The number of hydrogen-bond donors (Lipinski definition) is 0. The predicted octanol–water partition coefficient (Wildman–Crippen LogP) is 3.06. The van der Waals surface area contributed by atoms with Crippen molar-refractivity contribution in [2.24, 2.45) is 0 Å². The fourth-order valence-corrected chi connectivity index (χ4v) is 3.59. The summed E-state index contributed by atoms with van der Waals surface area (Å²) in [5.41, 5.74) is 0. The molecule has 0 N–H and O–H groups in total. The normalized spacial score (nSPS) is 26.6. The molecule has 1 aliphatic heterocycles. The average molecular weight is 286 g/mol. The highest BCUT2D eigenvalue weighted by Gasteiger charge is 2.51. The highest BCUT2D eigenvalue weighted by molar-refractivity contribution is 7.55. The average Bonchev–Trinajstić information content (AvgIpc) is 2.41. The van der Waals surface area contributed by atoms with Gasteiger partial charge in [0.05, 0.1) is 26.4 Å². The summed E-state index contributed by atoms with van der Waals surface area (Å²) in [6, 6.07) is 8.95. The summed E-state index contributed by atoms with van der Waals surface area (Å²) in [4.78, 5) is 0. The van der Waals surface area contributed by atoms with Crippen molar-refractivity contribution in [1.29, 1.82) is 0 Å². The Morgan fingerprint density at radius 2 is 2.05 bits per heavy atom. The Bertz CT molecular complexity index is 442. The van der Waals surface area contributed by atoms with Crippen LogP contribution in [0, 0.1) is 0 Å². The zero-order valence-electron chi connectivity index (χ0n) is 11.2. The lowest BCUT2D eigenvalue weighted by Crippen LogP contribution is -2.42. The second kappa shape index (κ2) is 6.06. The Kier molecular flexibility index (Phi) is 4.63. The molecule has 1 aliphatic rings. The Labute approximate surface area is 113 Å². The van der Waals surface area contributed by atoms with Gasteiger partial charge >= 0.3 is 7.60 Å². The second-order valence-corrected chi connectivity index (χ2v) is 6.78. The van der Waals surface area contributed by atoms with E-state index in [9.17, 15) is 4.57 Å². The van der Waals surface area contributed by atoms with Crippen LogP contribution in [0.25, 0.3) is 0 Å². The molecule has 2 unspecified atom stereocenters. The standard InChI is InChI=1S/C13H19O5P/c1-3-17-19(14,13(2)11-15-9-10-16-13)18-12-7-5-4-6-8-12/h4-8H,3,9-11H2,1-2H3. The molecule has 0 aromatic heterocycles. The minimum Gasteiger partial charge on any atom is -0.422 e. The van der Waals surface area contributed by atoms with Crippen LogP contribution in [0.2, 0.25) is 0 Å². The van der Waals surface area contributed by atoms with Crippen LogP contribution in [0.1, 0.15) is 13.8 Å². The second-order valence-electron chi connectivity index (χ2n) is 4.40. The third kappa shape index (κ3) is 3.18. The minimum atomic E-state index is -3.48. The van der Waals surface area contributed by atoms with Gasteiger partial charge in [-0.2, -0.15) is 0 Å². The topological polar surface area (TPSA) is 54.0 Å². The van der Waals surface area contributed by atoms with E-state index in [0.29, 0.717) is 19.0 Å². The quantitative estimate of drug-likeness (QED) is 0.779. The molecule has 1 aromatic rings. The van der Waals surface area contributed by atoms with Gasteiger partial charge in [-0.05, 0) is 26.0 Å². The molecule has 0 saturated carbocycles. The van der Waals surface area contributed by atoms with Crippen LogP contribution in [-0.2, 0) is 18.6 Å². The lowest BCUT2D eigenvalue weighted by atomic mass is 10.3. The first kappa shape index (κ1) is 14.5. The molecule has 1 fully saturated rings.